The van der Waals surface area contributed by atoms with E-state index in [1.54, 1.807) is 48.5 Å². The number of carbonyl (C=O) groups excluding carboxylic acids is 1. The molecule has 0 aliphatic heterocycles. The Hall–Kier alpha value is -4.34. The molecule has 0 saturated heterocycles. The van der Waals surface area contributed by atoms with E-state index in [2.05, 4.69) is 20.4 Å². The van der Waals surface area contributed by atoms with Crippen LogP contribution in [0.5, 0.6) is 0 Å². The molecule has 3 heterocycles. The van der Waals surface area contributed by atoms with Gasteiger partial charge in [-0.05, 0) is 30.3 Å². The molecule has 3 aromatic heterocycles. The van der Waals surface area contributed by atoms with Crippen molar-refractivity contribution in [2.45, 2.75) is 0 Å². The second-order valence-electron chi connectivity index (χ2n) is 6.15. The van der Waals surface area contributed by atoms with Gasteiger partial charge < -0.3 is 5.11 Å². The van der Waals surface area contributed by atoms with Crippen LogP contribution in [0.15, 0.2) is 61.2 Å². The van der Waals surface area contributed by atoms with Crippen LogP contribution in [0.1, 0.15) is 10.4 Å². The van der Waals surface area contributed by atoms with Crippen molar-refractivity contribution in [2.24, 2.45) is 7.05 Å². The molecule has 0 fully saturated rings. The number of carboxylic acids is 1. The molecule has 0 radical (unpaired) electrons. The minimum Gasteiger partial charge on any atom is -0.478 e. The van der Waals surface area contributed by atoms with Crippen LogP contribution in [-0.4, -0.2) is 47.2 Å². The van der Waals surface area contributed by atoms with Crippen molar-refractivity contribution >= 4 is 23.8 Å². The van der Waals surface area contributed by atoms with Crippen molar-refractivity contribution in [3.05, 3.63) is 66.7 Å². The molecule has 144 valence electrons. The molecule has 0 atom stereocenters. The molecule has 0 bridgehead atoms. The van der Waals surface area contributed by atoms with Gasteiger partial charge in [0.15, 0.2) is 0 Å². The third-order valence-corrected chi connectivity index (χ3v) is 4.21. The molecule has 1 aromatic carbocycles. The van der Waals surface area contributed by atoms with Gasteiger partial charge in [0.1, 0.15) is 5.69 Å². The molecule has 10 heteroatoms. The van der Waals surface area contributed by atoms with E-state index in [1.165, 1.54) is 27.9 Å². The van der Waals surface area contributed by atoms with E-state index in [1.807, 2.05) is 6.07 Å². The number of benzene rings is 1. The molecule has 0 unspecified atom stereocenters. The predicted molar refractivity (Wildman–Crippen MR) is 103 cm³/mol. The van der Waals surface area contributed by atoms with Crippen molar-refractivity contribution in [3.63, 3.8) is 0 Å². The van der Waals surface area contributed by atoms with Crippen molar-refractivity contribution in [2.75, 3.05) is 4.90 Å². The lowest BCUT2D eigenvalue weighted by atomic mass is 10.2. The summed E-state index contributed by atoms with van der Waals surface area (Å²) in [6.45, 7) is 0. The average molecular weight is 389 g/mol. The molecule has 1 N–H and O–H groups in total. The number of rotatable bonds is 6. The van der Waals surface area contributed by atoms with Gasteiger partial charge in [-0.1, -0.05) is 11.3 Å². The van der Waals surface area contributed by atoms with E-state index >= 15 is 0 Å². The molecule has 10 nitrogen and oxygen atoms in total. The first kappa shape index (κ1) is 18.0. The number of amides is 1. The number of carbonyl (C=O) groups is 2. The van der Waals surface area contributed by atoms with Gasteiger partial charge in [-0.15, -0.1) is 5.10 Å². The smallest absolute Gasteiger partial charge is 0.335 e. The van der Waals surface area contributed by atoms with E-state index in [-0.39, 0.29) is 5.56 Å². The standard InChI is InChI=1S/C19H15N7O3/c1-24-10-16(9-21-24)25(12-27)14-3-2-4-15(8-14)26-11-18(22-23-26)17-7-13(19(28)29)5-6-20-17/h2-12H,1H3,(H,28,29). The fraction of sp³-hybridized carbons (Fsp3) is 0.0526. The number of aromatic nitrogens is 6. The van der Waals surface area contributed by atoms with Crippen LogP contribution < -0.4 is 4.90 Å². The third kappa shape index (κ3) is 3.58. The zero-order chi connectivity index (χ0) is 20.4. The Kier molecular flexibility index (Phi) is 4.57. The first-order valence-corrected chi connectivity index (χ1v) is 8.51. The first-order chi connectivity index (χ1) is 14.0. The molecule has 0 saturated carbocycles. The molecular weight excluding hydrogens is 374 g/mol. The summed E-state index contributed by atoms with van der Waals surface area (Å²) < 4.78 is 3.14. The molecule has 0 spiro atoms. The number of pyridine rings is 1. The fourth-order valence-corrected chi connectivity index (χ4v) is 2.80. The monoisotopic (exact) mass is 389 g/mol. The number of hydrogen-bond donors (Lipinski definition) is 1. The van der Waals surface area contributed by atoms with Gasteiger partial charge in [-0.2, -0.15) is 5.10 Å². The fourth-order valence-electron chi connectivity index (χ4n) is 2.80. The number of aromatic carboxylic acids is 1. The van der Waals surface area contributed by atoms with Gasteiger partial charge in [-0.3, -0.25) is 19.4 Å². The van der Waals surface area contributed by atoms with Crippen LogP contribution in [0.25, 0.3) is 17.1 Å². The summed E-state index contributed by atoms with van der Waals surface area (Å²) in [5.74, 6) is -1.04. The highest BCUT2D eigenvalue weighted by molar-refractivity contribution is 5.88. The Morgan fingerprint density at radius 1 is 1.14 bits per heavy atom. The van der Waals surface area contributed by atoms with Crippen molar-refractivity contribution in [1.82, 2.24) is 29.8 Å². The zero-order valence-corrected chi connectivity index (χ0v) is 15.2. The number of hydrogen-bond acceptors (Lipinski definition) is 6. The summed E-state index contributed by atoms with van der Waals surface area (Å²) in [7, 11) is 1.77. The largest absolute Gasteiger partial charge is 0.478 e. The molecule has 4 rings (SSSR count). The number of nitrogens with zero attached hydrogens (tertiary/aromatic N) is 7. The Bertz CT molecular complexity index is 1200. The first-order valence-electron chi connectivity index (χ1n) is 8.51. The van der Waals surface area contributed by atoms with Gasteiger partial charge in [0, 0.05) is 19.4 Å². The van der Waals surface area contributed by atoms with Gasteiger partial charge in [0.25, 0.3) is 0 Å². The summed E-state index contributed by atoms with van der Waals surface area (Å²) in [5.41, 5.74) is 2.88. The molecule has 1 amide bonds. The van der Waals surface area contributed by atoms with Crippen LogP contribution in [0.2, 0.25) is 0 Å². The van der Waals surface area contributed by atoms with Crippen molar-refractivity contribution in [3.8, 4) is 17.1 Å². The number of aryl methyl sites for hydroxylation is 1. The minimum atomic E-state index is -1.04. The van der Waals surface area contributed by atoms with Gasteiger partial charge in [0.05, 0.1) is 40.7 Å². The maximum Gasteiger partial charge on any atom is 0.335 e. The van der Waals surface area contributed by atoms with Crippen LogP contribution in [0.4, 0.5) is 11.4 Å². The Balaban J connectivity index is 1.67. The van der Waals surface area contributed by atoms with Crippen LogP contribution in [0.3, 0.4) is 0 Å². The number of carboxylic acid groups (broad SMARTS) is 1. The molecule has 29 heavy (non-hydrogen) atoms. The van der Waals surface area contributed by atoms with E-state index in [0.29, 0.717) is 34.9 Å². The number of anilines is 2. The lowest BCUT2D eigenvalue weighted by Crippen LogP contribution is -2.13. The lowest BCUT2D eigenvalue weighted by molar-refractivity contribution is -0.106. The van der Waals surface area contributed by atoms with E-state index in [0.717, 1.165) is 0 Å². The van der Waals surface area contributed by atoms with Gasteiger partial charge in [-0.25, -0.2) is 9.48 Å². The van der Waals surface area contributed by atoms with Crippen LogP contribution >= 0.6 is 0 Å². The third-order valence-electron chi connectivity index (χ3n) is 4.21. The highest BCUT2D eigenvalue weighted by Crippen LogP contribution is 2.25. The summed E-state index contributed by atoms with van der Waals surface area (Å²) in [6.07, 6.45) is 7.09. The normalized spacial score (nSPS) is 10.7. The SMILES string of the molecule is Cn1cc(N(C=O)c2cccc(-n3cc(-c4cc(C(=O)O)ccn4)nn3)c2)cn1. The average Bonchev–Trinajstić information content (AvgIpc) is 3.39. The van der Waals surface area contributed by atoms with Crippen LogP contribution in [-0.2, 0) is 11.8 Å². The maximum atomic E-state index is 11.6. The molecule has 4 aromatic rings. The summed E-state index contributed by atoms with van der Waals surface area (Å²) in [6, 6.07) is 10.0. The topological polar surface area (TPSA) is 119 Å². The molecular formula is C19H15N7O3. The van der Waals surface area contributed by atoms with E-state index in [4.69, 9.17) is 5.11 Å². The maximum absolute atomic E-state index is 11.6. The Morgan fingerprint density at radius 3 is 2.72 bits per heavy atom. The highest BCUT2D eigenvalue weighted by Gasteiger charge is 2.13. The predicted octanol–water partition coefficient (Wildman–Crippen LogP) is 2.06. The Morgan fingerprint density at radius 2 is 2.00 bits per heavy atom. The van der Waals surface area contributed by atoms with Crippen LogP contribution in [0, 0.1) is 0 Å². The zero-order valence-electron chi connectivity index (χ0n) is 15.2. The highest BCUT2D eigenvalue weighted by atomic mass is 16.4. The van der Waals surface area contributed by atoms with E-state index < -0.39 is 5.97 Å². The quantitative estimate of drug-likeness (QED) is 0.501. The summed E-state index contributed by atoms with van der Waals surface area (Å²) in [4.78, 5) is 28.4. The Labute approximate surface area is 164 Å². The molecule has 0 aliphatic rings. The minimum absolute atomic E-state index is 0.115. The summed E-state index contributed by atoms with van der Waals surface area (Å²) in [5, 5.41) is 21.4. The summed E-state index contributed by atoms with van der Waals surface area (Å²) >= 11 is 0. The molecule has 0 aliphatic carbocycles. The lowest BCUT2D eigenvalue weighted by Gasteiger charge is -2.16. The second-order valence-corrected chi connectivity index (χ2v) is 6.15. The van der Waals surface area contributed by atoms with Crippen molar-refractivity contribution in [1.29, 1.82) is 0 Å². The van der Waals surface area contributed by atoms with E-state index in [9.17, 15) is 9.59 Å². The second kappa shape index (κ2) is 7.35. The van der Waals surface area contributed by atoms with Gasteiger partial charge >= 0.3 is 5.97 Å². The van der Waals surface area contributed by atoms with Gasteiger partial charge in [0.2, 0.25) is 6.41 Å². The van der Waals surface area contributed by atoms with Crippen molar-refractivity contribution < 1.29 is 14.7 Å².